The summed E-state index contributed by atoms with van der Waals surface area (Å²) in [4.78, 5) is 2.85. The lowest BCUT2D eigenvalue weighted by molar-refractivity contribution is 0.0796. The van der Waals surface area contributed by atoms with Crippen LogP contribution in [0.25, 0.3) is 0 Å². The predicted octanol–water partition coefficient (Wildman–Crippen LogP) is 3.00. The Bertz CT molecular complexity index is 296. The molecule has 1 N–H and O–H groups in total. The van der Waals surface area contributed by atoms with Gasteiger partial charge in [-0.25, -0.2) is 0 Å². The van der Waals surface area contributed by atoms with Crippen molar-refractivity contribution in [2.75, 3.05) is 13.2 Å². The zero-order valence-corrected chi connectivity index (χ0v) is 11.6. The van der Waals surface area contributed by atoms with Gasteiger partial charge in [0.2, 0.25) is 0 Å². The summed E-state index contributed by atoms with van der Waals surface area (Å²) in [5.74, 6) is 0. The van der Waals surface area contributed by atoms with Gasteiger partial charge >= 0.3 is 0 Å². The highest BCUT2D eigenvalue weighted by Crippen LogP contribution is 2.16. The first-order valence-electron chi connectivity index (χ1n) is 5.98. The summed E-state index contributed by atoms with van der Waals surface area (Å²) in [5.41, 5.74) is 0. The molecule has 1 unspecified atom stereocenters. The van der Waals surface area contributed by atoms with Crippen LogP contribution in [0.1, 0.15) is 30.5 Å². The highest BCUT2D eigenvalue weighted by Gasteiger charge is 2.04. The molecular formula is C13H23NOS. The standard InChI is InChI=1S/C13H23NOS/c1-10(2)15-8-7-14-11(3)9-13-6-5-12(4)16-13/h5-6,10-11,14H,7-9H2,1-4H3. The Morgan fingerprint density at radius 1 is 1.31 bits per heavy atom. The van der Waals surface area contributed by atoms with E-state index in [0.717, 1.165) is 19.6 Å². The minimum atomic E-state index is 0.331. The first-order valence-corrected chi connectivity index (χ1v) is 6.80. The highest BCUT2D eigenvalue weighted by atomic mass is 32.1. The lowest BCUT2D eigenvalue weighted by Crippen LogP contribution is -2.31. The fourth-order valence-corrected chi connectivity index (χ4v) is 2.59. The SMILES string of the molecule is Cc1ccc(CC(C)NCCOC(C)C)s1. The van der Waals surface area contributed by atoms with Gasteiger partial charge < -0.3 is 10.1 Å². The number of thiophene rings is 1. The first-order chi connectivity index (χ1) is 7.58. The second-order valence-electron chi connectivity index (χ2n) is 4.49. The van der Waals surface area contributed by atoms with Crippen LogP contribution in [0.5, 0.6) is 0 Å². The predicted molar refractivity (Wildman–Crippen MR) is 71.3 cm³/mol. The zero-order valence-electron chi connectivity index (χ0n) is 10.7. The molecule has 1 rings (SSSR count). The monoisotopic (exact) mass is 241 g/mol. The van der Waals surface area contributed by atoms with Crippen molar-refractivity contribution < 1.29 is 4.74 Å². The topological polar surface area (TPSA) is 21.3 Å². The maximum absolute atomic E-state index is 5.49. The third-order valence-electron chi connectivity index (χ3n) is 2.35. The number of nitrogens with one attached hydrogen (secondary N) is 1. The molecule has 0 aliphatic carbocycles. The van der Waals surface area contributed by atoms with Crippen LogP contribution in [0.2, 0.25) is 0 Å². The molecule has 16 heavy (non-hydrogen) atoms. The Hall–Kier alpha value is -0.380. The Balaban J connectivity index is 2.13. The average molecular weight is 241 g/mol. The van der Waals surface area contributed by atoms with E-state index in [1.165, 1.54) is 9.75 Å². The summed E-state index contributed by atoms with van der Waals surface area (Å²) < 4.78 is 5.49. The molecule has 92 valence electrons. The highest BCUT2D eigenvalue weighted by molar-refractivity contribution is 7.11. The summed E-state index contributed by atoms with van der Waals surface area (Å²) in [7, 11) is 0. The van der Waals surface area contributed by atoms with Gasteiger partial charge in [-0.15, -0.1) is 11.3 Å². The summed E-state index contributed by atoms with van der Waals surface area (Å²) in [6.07, 6.45) is 1.44. The van der Waals surface area contributed by atoms with Crippen molar-refractivity contribution in [1.29, 1.82) is 0 Å². The van der Waals surface area contributed by atoms with Crippen molar-refractivity contribution in [3.05, 3.63) is 21.9 Å². The maximum Gasteiger partial charge on any atom is 0.0594 e. The molecule has 1 heterocycles. The number of ether oxygens (including phenoxy) is 1. The third-order valence-corrected chi connectivity index (χ3v) is 3.37. The lowest BCUT2D eigenvalue weighted by atomic mass is 10.2. The smallest absolute Gasteiger partial charge is 0.0594 e. The van der Waals surface area contributed by atoms with Gasteiger partial charge in [-0.05, 0) is 46.2 Å². The van der Waals surface area contributed by atoms with Crippen LogP contribution >= 0.6 is 11.3 Å². The van der Waals surface area contributed by atoms with Crippen LogP contribution in [0.3, 0.4) is 0 Å². The van der Waals surface area contributed by atoms with E-state index in [0.29, 0.717) is 12.1 Å². The van der Waals surface area contributed by atoms with Crippen LogP contribution in [0.15, 0.2) is 12.1 Å². The van der Waals surface area contributed by atoms with Crippen LogP contribution in [-0.2, 0) is 11.2 Å². The summed E-state index contributed by atoms with van der Waals surface area (Å²) in [6.45, 7) is 10.2. The van der Waals surface area contributed by atoms with E-state index in [-0.39, 0.29) is 0 Å². The van der Waals surface area contributed by atoms with Gasteiger partial charge in [0.05, 0.1) is 12.7 Å². The van der Waals surface area contributed by atoms with E-state index in [1.807, 2.05) is 11.3 Å². The van der Waals surface area contributed by atoms with Gasteiger partial charge in [-0.1, -0.05) is 0 Å². The van der Waals surface area contributed by atoms with E-state index < -0.39 is 0 Å². The molecule has 1 aromatic rings. The molecule has 0 saturated heterocycles. The van der Waals surface area contributed by atoms with Crippen molar-refractivity contribution >= 4 is 11.3 Å². The second kappa shape index (κ2) is 7.05. The van der Waals surface area contributed by atoms with E-state index >= 15 is 0 Å². The summed E-state index contributed by atoms with van der Waals surface area (Å²) in [5, 5.41) is 3.48. The van der Waals surface area contributed by atoms with Crippen molar-refractivity contribution in [2.45, 2.75) is 46.3 Å². The maximum atomic E-state index is 5.49. The molecule has 1 atom stereocenters. The van der Waals surface area contributed by atoms with E-state index in [4.69, 9.17) is 4.74 Å². The van der Waals surface area contributed by atoms with Crippen molar-refractivity contribution in [1.82, 2.24) is 5.32 Å². The minimum Gasteiger partial charge on any atom is -0.377 e. The molecule has 2 nitrogen and oxygen atoms in total. The number of aryl methyl sites for hydroxylation is 1. The van der Waals surface area contributed by atoms with Crippen molar-refractivity contribution in [3.63, 3.8) is 0 Å². The Morgan fingerprint density at radius 3 is 2.62 bits per heavy atom. The molecule has 0 bridgehead atoms. The van der Waals surface area contributed by atoms with Gasteiger partial charge in [-0.2, -0.15) is 0 Å². The fourth-order valence-electron chi connectivity index (χ4n) is 1.57. The second-order valence-corrected chi connectivity index (χ2v) is 5.86. The van der Waals surface area contributed by atoms with E-state index in [9.17, 15) is 0 Å². The Kier molecular flexibility index (Phi) is 6.03. The molecule has 0 saturated carbocycles. The average Bonchev–Trinajstić information content (AvgIpc) is 2.58. The van der Waals surface area contributed by atoms with Crippen molar-refractivity contribution in [2.24, 2.45) is 0 Å². The molecule has 3 heteroatoms. The van der Waals surface area contributed by atoms with Gasteiger partial charge in [0.1, 0.15) is 0 Å². The molecule has 0 aliphatic heterocycles. The molecule has 0 radical (unpaired) electrons. The zero-order chi connectivity index (χ0) is 12.0. The Labute approximate surface area is 103 Å². The fraction of sp³-hybridized carbons (Fsp3) is 0.692. The summed E-state index contributed by atoms with van der Waals surface area (Å²) >= 11 is 1.89. The van der Waals surface area contributed by atoms with Gasteiger partial charge in [0.25, 0.3) is 0 Å². The van der Waals surface area contributed by atoms with Gasteiger partial charge in [0.15, 0.2) is 0 Å². The normalized spacial score (nSPS) is 13.3. The third kappa shape index (κ3) is 5.64. The van der Waals surface area contributed by atoms with Crippen LogP contribution in [-0.4, -0.2) is 25.3 Å². The first kappa shape index (κ1) is 13.7. The molecule has 0 spiro atoms. The lowest BCUT2D eigenvalue weighted by Gasteiger charge is -2.14. The van der Waals surface area contributed by atoms with Crippen LogP contribution < -0.4 is 5.32 Å². The number of rotatable bonds is 7. The van der Waals surface area contributed by atoms with Crippen molar-refractivity contribution in [3.8, 4) is 0 Å². The quantitative estimate of drug-likeness (QED) is 0.741. The molecule has 0 aromatic carbocycles. The van der Waals surface area contributed by atoms with Gasteiger partial charge in [0, 0.05) is 22.3 Å². The molecule has 0 aliphatic rings. The minimum absolute atomic E-state index is 0.331. The van der Waals surface area contributed by atoms with Gasteiger partial charge in [-0.3, -0.25) is 0 Å². The molecule has 0 amide bonds. The number of hydrogen-bond acceptors (Lipinski definition) is 3. The molecule has 0 fully saturated rings. The van der Waals surface area contributed by atoms with E-state index in [1.54, 1.807) is 0 Å². The Morgan fingerprint density at radius 2 is 2.06 bits per heavy atom. The number of hydrogen-bond donors (Lipinski definition) is 1. The van der Waals surface area contributed by atoms with Crippen LogP contribution in [0, 0.1) is 6.92 Å². The van der Waals surface area contributed by atoms with Crippen LogP contribution in [0.4, 0.5) is 0 Å². The van der Waals surface area contributed by atoms with E-state index in [2.05, 4.69) is 45.1 Å². The molecule has 1 aromatic heterocycles. The largest absolute Gasteiger partial charge is 0.377 e. The molecular weight excluding hydrogens is 218 g/mol. The summed E-state index contributed by atoms with van der Waals surface area (Å²) in [6, 6.07) is 4.94.